The van der Waals surface area contributed by atoms with Crippen LogP contribution < -0.4 is 10.2 Å². The number of benzene rings is 1. The van der Waals surface area contributed by atoms with Crippen molar-refractivity contribution in [2.45, 2.75) is 43.9 Å². The lowest BCUT2D eigenvalue weighted by Gasteiger charge is -2.21. The Balaban J connectivity index is 1.43. The molecule has 1 aromatic carbocycles. The molecular weight excluding hydrogens is 264 g/mol. The van der Waals surface area contributed by atoms with Gasteiger partial charge in [0.05, 0.1) is 0 Å². The second kappa shape index (κ2) is 7.37. The second-order valence-corrected chi connectivity index (χ2v) is 7.39. The van der Waals surface area contributed by atoms with E-state index in [0.717, 1.165) is 11.8 Å². The van der Waals surface area contributed by atoms with Crippen LogP contribution in [0.15, 0.2) is 24.3 Å². The van der Waals surface area contributed by atoms with E-state index in [9.17, 15) is 0 Å². The Bertz CT molecular complexity index is 392. The van der Waals surface area contributed by atoms with Crippen LogP contribution in [0.3, 0.4) is 0 Å². The summed E-state index contributed by atoms with van der Waals surface area (Å²) in [6.07, 6.45) is 6.93. The molecule has 1 aromatic rings. The fourth-order valence-corrected chi connectivity index (χ4v) is 4.42. The van der Waals surface area contributed by atoms with Gasteiger partial charge in [-0.05, 0) is 49.1 Å². The Morgan fingerprint density at radius 2 is 1.85 bits per heavy atom. The molecule has 0 spiro atoms. The first-order valence-corrected chi connectivity index (χ1v) is 9.13. The summed E-state index contributed by atoms with van der Waals surface area (Å²) in [4.78, 5) is 2.50. The molecule has 3 heteroatoms. The van der Waals surface area contributed by atoms with Gasteiger partial charge in [-0.1, -0.05) is 18.6 Å². The lowest BCUT2D eigenvalue weighted by molar-refractivity contribution is 0.598. The lowest BCUT2D eigenvalue weighted by atomic mass is 10.1. The summed E-state index contributed by atoms with van der Waals surface area (Å²) in [5.74, 6) is 1.36. The quantitative estimate of drug-likeness (QED) is 0.891. The summed E-state index contributed by atoms with van der Waals surface area (Å²) in [6, 6.07) is 9.15. The predicted octanol–water partition coefficient (Wildman–Crippen LogP) is 3.66. The Hall–Kier alpha value is -0.670. The minimum Gasteiger partial charge on any atom is -0.372 e. The molecule has 1 N–H and O–H groups in total. The maximum absolute atomic E-state index is 3.63. The minimum atomic E-state index is 0.840. The molecule has 2 fully saturated rings. The average molecular weight is 290 g/mol. The summed E-state index contributed by atoms with van der Waals surface area (Å²) in [5.41, 5.74) is 2.81. The Morgan fingerprint density at radius 1 is 1.05 bits per heavy atom. The molecule has 0 bridgehead atoms. The van der Waals surface area contributed by atoms with Gasteiger partial charge in [-0.15, -0.1) is 0 Å². The normalized spacial score (nSPS) is 23.2. The molecule has 1 unspecified atom stereocenters. The maximum Gasteiger partial charge on any atom is 0.0366 e. The lowest BCUT2D eigenvalue weighted by Crippen LogP contribution is -2.26. The third-order valence-electron chi connectivity index (χ3n) is 4.38. The molecule has 1 atom stereocenters. The van der Waals surface area contributed by atoms with E-state index < -0.39 is 0 Å². The van der Waals surface area contributed by atoms with Gasteiger partial charge >= 0.3 is 0 Å². The first-order chi connectivity index (χ1) is 9.92. The summed E-state index contributed by atoms with van der Waals surface area (Å²) < 4.78 is 0. The monoisotopic (exact) mass is 290 g/mol. The Morgan fingerprint density at radius 3 is 2.55 bits per heavy atom. The van der Waals surface area contributed by atoms with Crippen LogP contribution in [0.25, 0.3) is 0 Å². The zero-order valence-corrected chi connectivity index (χ0v) is 13.1. The van der Waals surface area contributed by atoms with Crippen molar-refractivity contribution in [2.24, 2.45) is 0 Å². The molecule has 2 heterocycles. The van der Waals surface area contributed by atoms with Crippen LogP contribution in [0.5, 0.6) is 0 Å². The van der Waals surface area contributed by atoms with E-state index >= 15 is 0 Å². The van der Waals surface area contributed by atoms with Gasteiger partial charge in [0.2, 0.25) is 0 Å². The van der Waals surface area contributed by atoms with Gasteiger partial charge in [-0.25, -0.2) is 0 Å². The molecule has 2 aliphatic heterocycles. The molecule has 110 valence electrons. The van der Waals surface area contributed by atoms with Crippen LogP contribution in [-0.4, -0.2) is 30.6 Å². The van der Waals surface area contributed by atoms with Gasteiger partial charge < -0.3 is 10.2 Å². The average Bonchev–Trinajstić information content (AvgIpc) is 3.03. The fraction of sp³-hybridized carbons (Fsp3) is 0.647. The number of thioether (sulfide) groups is 1. The number of nitrogens with zero attached hydrogens (tertiary/aromatic N) is 1. The van der Waals surface area contributed by atoms with Gasteiger partial charge in [0.15, 0.2) is 0 Å². The van der Waals surface area contributed by atoms with Crippen LogP contribution in [0.2, 0.25) is 0 Å². The molecule has 0 amide bonds. The van der Waals surface area contributed by atoms with E-state index in [4.69, 9.17) is 0 Å². The summed E-state index contributed by atoms with van der Waals surface area (Å²) in [7, 11) is 0. The molecule has 3 rings (SSSR count). The predicted molar refractivity (Wildman–Crippen MR) is 89.7 cm³/mol. The topological polar surface area (TPSA) is 15.3 Å². The van der Waals surface area contributed by atoms with Crippen molar-refractivity contribution in [3.05, 3.63) is 29.8 Å². The molecule has 2 nitrogen and oxygen atoms in total. The zero-order chi connectivity index (χ0) is 13.6. The smallest absolute Gasteiger partial charge is 0.0366 e. The standard InChI is InChI=1S/C17H26N2S/c1-4-12-20-17(5-1)14-18-13-15-6-8-16(9-7-15)19-10-2-3-11-19/h6-9,17-18H,1-5,10-14H2. The highest BCUT2D eigenvalue weighted by Crippen LogP contribution is 2.24. The van der Waals surface area contributed by atoms with Crippen molar-refractivity contribution in [2.75, 3.05) is 30.3 Å². The van der Waals surface area contributed by atoms with E-state index in [-0.39, 0.29) is 0 Å². The van der Waals surface area contributed by atoms with Crippen LogP contribution >= 0.6 is 11.8 Å². The van der Waals surface area contributed by atoms with Crippen LogP contribution in [0.1, 0.15) is 37.7 Å². The molecule has 0 radical (unpaired) electrons. The number of nitrogens with one attached hydrogen (secondary N) is 1. The number of anilines is 1. The summed E-state index contributed by atoms with van der Waals surface area (Å²) >= 11 is 2.15. The van der Waals surface area contributed by atoms with E-state index in [0.29, 0.717) is 0 Å². The molecule has 0 saturated carbocycles. The molecule has 2 aliphatic rings. The third-order valence-corrected chi connectivity index (χ3v) is 5.78. The van der Waals surface area contributed by atoms with Crippen LogP contribution in [0.4, 0.5) is 5.69 Å². The number of hydrogen-bond donors (Lipinski definition) is 1. The molecule has 2 saturated heterocycles. The van der Waals surface area contributed by atoms with E-state index in [2.05, 4.69) is 46.2 Å². The van der Waals surface area contributed by atoms with Crippen molar-refractivity contribution in [1.82, 2.24) is 5.32 Å². The maximum atomic E-state index is 3.63. The van der Waals surface area contributed by atoms with E-state index in [1.54, 1.807) is 0 Å². The highest BCUT2D eigenvalue weighted by Gasteiger charge is 2.13. The van der Waals surface area contributed by atoms with Gasteiger partial charge in [-0.2, -0.15) is 11.8 Å². The third kappa shape index (κ3) is 3.92. The highest BCUT2D eigenvalue weighted by molar-refractivity contribution is 7.99. The molecule has 20 heavy (non-hydrogen) atoms. The first-order valence-electron chi connectivity index (χ1n) is 8.08. The van der Waals surface area contributed by atoms with E-state index in [1.165, 1.54) is 68.7 Å². The zero-order valence-electron chi connectivity index (χ0n) is 12.3. The van der Waals surface area contributed by atoms with Gasteiger partial charge in [-0.3, -0.25) is 0 Å². The van der Waals surface area contributed by atoms with E-state index in [1.807, 2.05) is 0 Å². The SMILES string of the molecule is c1cc(N2CCCC2)ccc1CNCC1CCCCS1. The van der Waals surface area contributed by atoms with Crippen molar-refractivity contribution < 1.29 is 0 Å². The largest absolute Gasteiger partial charge is 0.372 e. The molecule has 0 aliphatic carbocycles. The number of rotatable bonds is 5. The van der Waals surface area contributed by atoms with Crippen molar-refractivity contribution in [3.63, 3.8) is 0 Å². The number of hydrogen-bond acceptors (Lipinski definition) is 3. The van der Waals surface area contributed by atoms with Gasteiger partial charge in [0, 0.05) is 37.1 Å². The van der Waals surface area contributed by atoms with Crippen molar-refractivity contribution >= 4 is 17.4 Å². The van der Waals surface area contributed by atoms with Gasteiger partial charge in [0.1, 0.15) is 0 Å². The fourth-order valence-electron chi connectivity index (χ4n) is 3.15. The molecule has 0 aromatic heterocycles. The molecular formula is C17H26N2S. The first kappa shape index (κ1) is 14.3. The van der Waals surface area contributed by atoms with Crippen LogP contribution in [-0.2, 0) is 6.54 Å². The van der Waals surface area contributed by atoms with Crippen molar-refractivity contribution in [1.29, 1.82) is 0 Å². The summed E-state index contributed by atoms with van der Waals surface area (Å²) in [6.45, 7) is 4.64. The highest BCUT2D eigenvalue weighted by atomic mass is 32.2. The minimum absolute atomic E-state index is 0.840. The Kier molecular flexibility index (Phi) is 5.26. The summed E-state index contributed by atoms with van der Waals surface area (Å²) in [5, 5.41) is 4.47. The second-order valence-electron chi connectivity index (χ2n) is 5.98. The van der Waals surface area contributed by atoms with Crippen molar-refractivity contribution in [3.8, 4) is 0 Å². The van der Waals surface area contributed by atoms with Gasteiger partial charge in [0.25, 0.3) is 0 Å². The van der Waals surface area contributed by atoms with Crippen LogP contribution in [0, 0.1) is 0 Å². The Labute approximate surface area is 127 Å².